The summed E-state index contributed by atoms with van der Waals surface area (Å²) in [6.07, 6.45) is 3.20. The van der Waals surface area contributed by atoms with E-state index in [1.165, 1.54) is 16.6 Å². The summed E-state index contributed by atoms with van der Waals surface area (Å²) in [7, 11) is 5.94. The molecule has 33 heavy (non-hydrogen) atoms. The molecular formula is C26H31ClN4O2. The molecular weight excluding hydrogens is 436 g/mol. The number of H-pyrrole nitrogens is 1. The smallest absolute Gasteiger partial charge is 0.256 e. The summed E-state index contributed by atoms with van der Waals surface area (Å²) in [6, 6.07) is 12.4. The molecule has 2 aliphatic rings. The van der Waals surface area contributed by atoms with E-state index in [1.54, 1.807) is 7.11 Å². The van der Waals surface area contributed by atoms with Gasteiger partial charge in [-0.05, 0) is 57.1 Å². The number of ether oxygens (including phenoxy) is 1. The third-order valence-corrected chi connectivity index (χ3v) is 7.52. The van der Waals surface area contributed by atoms with Gasteiger partial charge in [0.1, 0.15) is 5.75 Å². The number of halogens is 1. The number of piperazine rings is 1. The molecule has 1 aliphatic carbocycles. The number of hydrogen-bond acceptors (Lipinski definition) is 4. The number of para-hydroxylation sites is 1. The Kier molecular flexibility index (Phi) is 5.97. The van der Waals surface area contributed by atoms with Crippen LogP contribution in [0.15, 0.2) is 36.4 Å². The molecule has 0 bridgehead atoms. The Morgan fingerprint density at radius 3 is 2.64 bits per heavy atom. The minimum absolute atomic E-state index is 0.101. The first-order chi connectivity index (χ1) is 16.0. The zero-order valence-electron chi connectivity index (χ0n) is 19.5. The number of likely N-dealkylation sites (N-methyl/N-ethyl adjacent to an activating group) is 1. The van der Waals surface area contributed by atoms with Gasteiger partial charge in [0.25, 0.3) is 5.91 Å². The van der Waals surface area contributed by atoms with E-state index in [2.05, 4.69) is 34.9 Å². The van der Waals surface area contributed by atoms with Gasteiger partial charge in [-0.1, -0.05) is 23.7 Å². The number of aromatic amines is 1. The molecule has 1 atom stereocenters. The lowest BCUT2D eigenvalue weighted by molar-refractivity contribution is 0.0748. The average Bonchev–Trinajstić information content (AvgIpc) is 3.21. The standard InChI is InChI=1S/C26H31ClN4O2/c1-29(2)17-7-9-23-21(15-17)19-5-4-6-20(25(19)28-23)26(32)31-13-11-30(12-14-31)24-10-8-18(33-3)16-22(24)27/h4-6,8,10,16-17,28H,7,9,11-15H2,1-3H3. The number of anilines is 1. The normalized spacial score (nSPS) is 18.6. The number of aryl methyl sites for hydroxylation is 1. The molecule has 2 aromatic carbocycles. The summed E-state index contributed by atoms with van der Waals surface area (Å²) in [4.78, 5) is 23.7. The maximum absolute atomic E-state index is 13.5. The molecule has 1 amide bonds. The number of carbonyl (C=O) groups is 1. The van der Waals surface area contributed by atoms with Crippen molar-refractivity contribution < 1.29 is 9.53 Å². The van der Waals surface area contributed by atoms with Crippen molar-refractivity contribution >= 4 is 34.1 Å². The predicted molar refractivity (Wildman–Crippen MR) is 134 cm³/mol. The molecule has 1 unspecified atom stereocenters. The number of rotatable bonds is 4. The number of carbonyl (C=O) groups excluding carboxylic acids is 1. The van der Waals surface area contributed by atoms with Crippen LogP contribution in [0.3, 0.4) is 0 Å². The molecule has 0 radical (unpaired) electrons. The first kappa shape index (κ1) is 22.1. The Hall–Kier alpha value is -2.70. The lowest BCUT2D eigenvalue weighted by Gasteiger charge is -2.36. The van der Waals surface area contributed by atoms with Crippen molar-refractivity contribution in [2.75, 3.05) is 52.3 Å². The highest BCUT2D eigenvalue weighted by atomic mass is 35.5. The summed E-state index contributed by atoms with van der Waals surface area (Å²) >= 11 is 6.47. The Morgan fingerprint density at radius 1 is 1.15 bits per heavy atom. The highest BCUT2D eigenvalue weighted by Gasteiger charge is 2.28. The number of nitrogens with zero attached hydrogens (tertiary/aromatic N) is 3. The third kappa shape index (κ3) is 4.06. The Bertz CT molecular complexity index is 1180. The lowest BCUT2D eigenvalue weighted by atomic mass is 9.90. The van der Waals surface area contributed by atoms with Crippen LogP contribution in [0.4, 0.5) is 5.69 Å². The van der Waals surface area contributed by atoms with E-state index < -0.39 is 0 Å². The number of benzene rings is 2. The zero-order valence-corrected chi connectivity index (χ0v) is 20.3. The molecule has 7 heteroatoms. The fraction of sp³-hybridized carbons (Fsp3) is 0.423. The van der Waals surface area contributed by atoms with E-state index in [-0.39, 0.29) is 5.91 Å². The molecule has 0 spiro atoms. The SMILES string of the molecule is COc1ccc(N2CCN(C(=O)c3cccc4c5c([nH]c34)CCC(N(C)C)C5)CC2)c(Cl)c1. The van der Waals surface area contributed by atoms with Crippen molar-refractivity contribution in [3.05, 3.63) is 58.2 Å². The lowest BCUT2D eigenvalue weighted by Crippen LogP contribution is -2.49. The largest absolute Gasteiger partial charge is 0.497 e. The number of methoxy groups -OCH3 is 1. The Morgan fingerprint density at radius 2 is 1.94 bits per heavy atom. The quantitative estimate of drug-likeness (QED) is 0.625. The van der Waals surface area contributed by atoms with Crippen LogP contribution in [0.1, 0.15) is 28.0 Å². The van der Waals surface area contributed by atoms with Crippen molar-refractivity contribution in [1.29, 1.82) is 0 Å². The van der Waals surface area contributed by atoms with Gasteiger partial charge < -0.3 is 24.4 Å². The van der Waals surface area contributed by atoms with E-state index in [4.69, 9.17) is 16.3 Å². The van der Waals surface area contributed by atoms with Gasteiger partial charge in [0.15, 0.2) is 0 Å². The first-order valence-electron chi connectivity index (χ1n) is 11.6. The summed E-state index contributed by atoms with van der Waals surface area (Å²) in [5, 5.41) is 1.87. The summed E-state index contributed by atoms with van der Waals surface area (Å²) in [5.41, 5.74) is 5.43. The monoisotopic (exact) mass is 466 g/mol. The van der Waals surface area contributed by atoms with E-state index in [1.807, 2.05) is 35.2 Å². The second-order valence-electron chi connectivity index (χ2n) is 9.27. The summed E-state index contributed by atoms with van der Waals surface area (Å²) < 4.78 is 5.26. The predicted octanol–water partition coefficient (Wildman–Crippen LogP) is 4.21. The van der Waals surface area contributed by atoms with Crippen LogP contribution in [-0.4, -0.2) is 74.1 Å². The van der Waals surface area contributed by atoms with E-state index >= 15 is 0 Å². The van der Waals surface area contributed by atoms with Crippen molar-refractivity contribution in [2.45, 2.75) is 25.3 Å². The minimum Gasteiger partial charge on any atom is -0.497 e. The van der Waals surface area contributed by atoms with Crippen molar-refractivity contribution in [3.8, 4) is 5.75 Å². The number of fused-ring (bicyclic) bond motifs is 3. The minimum atomic E-state index is 0.101. The molecule has 1 N–H and O–H groups in total. The van der Waals surface area contributed by atoms with Gasteiger partial charge in [0.2, 0.25) is 0 Å². The van der Waals surface area contributed by atoms with Gasteiger partial charge >= 0.3 is 0 Å². The second kappa shape index (κ2) is 8.92. The Labute approximate surface area is 200 Å². The van der Waals surface area contributed by atoms with Crippen LogP contribution in [0.25, 0.3) is 10.9 Å². The average molecular weight is 467 g/mol. The van der Waals surface area contributed by atoms with Crippen LogP contribution in [0.5, 0.6) is 5.75 Å². The molecule has 1 fully saturated rings. The molecule has 1 saturated heterocycles. The maximum atomic E-state index is 13.5. The van der Waals surface area contributed by atoms with Crippen molar-refractivity contribution in [2.24, 2.45) is 0 Å². The summed E-state index contributed by atoms with van der Waals surface area (Å²) in [5.74, 6) is 0.847. The van der Waals surface area contributed by atoms with Gasteiger partial charge in [-0.15, -0.1) is 0 Å². The van der Waals surface area contributed by atoms with E-state index in [0.29, 0.717) is 24.2 Å². The first-order valence-corrected chi connectivity index (χ1v) is 12.0. The Balaban J connectivity index is 1.34. The highest BCUT2D eigenvalue weighted by Crippen LogP contribution is 2.33. The van der Waals surface area contributed by atoms with Gasteiger partial charge in [0, 0.05) is 49.4 Å². The number of amides is 1. The number of nitrogens with one attached hydrogen (secondary N) is 1. The molecule has 3 aromatic rings. The van der Waals surface area contributed by atoms with E-state index in [0.717, 1.165) is 54.9 Å². The summed E-state index contributed by atoms with van der Waals surface area (Å²) in [6.45, 7) is 2.83. The molecule has 1 aliphatic heterocycles. The van der Waals surface area contributed by atoms with Crippen LogP contribution >= 0.6 is 11.6 Å². The topological polar surface area (TPSA) is 51.8 Å². The van der Waals surface area contributed by atoms with Crippen LogP contribution in [-0.2, 0) is 12.8 Å². The molecule has 2 heterocycles. The van der Waals surface area contributed by atoms with Crippen molar-refractivity contribution in [3.63, 3.8) is 0 Å². The number of hydrogen-bond donors (Lipinski definition) is 1. The van der Waals surface area contributed by atoms with Gasteiger partial charge in [-0.2, -0.15) is 0 Å². The third-order valence-electron chi connectivity index (χ3n) is 7.22. The molecule has 174 valence electrons. The van der Waals surface area contributed by atoms with E-state index in [9.17, 15) is 4.79 Å². The zero-order chi connectivity index (χ0) is 23.1. The maximum Gasteiger partial charge on any atom is 0.256 e. The molecule has 5 rings (SSSR count). The van der Waals surface area contributed by atoms with Crippen LogP contribution < -0.4 is 9.64 Å². The van der Waals surface area contributed by atoms with Crippen LogP contribution in [0.2, 0.25) is 5.02 Å². The number of aromatic nitrogens is 1. The highest BCUT2D eigenvalue weighted by molar-refractivity contribution is 6.33. The van der Waals surface area contributed by atoms with Crippen molar-refractivity contribution in [1.82, 2.24) is 14.8 Å². The fourth-order valence-electron chi connectivity index (χ4n) is 5.23. The van der Waals surface area contributed by atoms with Crippen LogP contribution in [0, 0.1) is 0 Å². The van der Waals surface area contributed by atoms with Gasteiger partial charge in [-0.25, -0.2) is 0 Å². The molecule has 0 saturated carbocycles. The molecule has 6 nitrogen and oxygen atoms in total. The van der Waals surface area contributed by atoms with Gasteiger partial charge in [-0.3, -0.25) is 4.79 Å². The fourth-order valence-corrected chi connectivity index (χ4v) is 5.52. The van der Waals surface area contributed by atoms with Gasteiger partial charge in [0.05, 0.1) is 28.9 Å². The second-order valence-corrected chi connectivity index (χ2v) is 9.67. The molecule has 1 aromatic heterocycles.